The molecule has 2 aromatic heterocycles. The van der Waals surface area contributed by atoms with Gasteiger partial charge in [0.15, 0.2) is 5.69 Å². The summed E-state index contributed by atoms with van der Waals surface area (Å²) in [7, 11) is 0. The lowest BCUT2D eigenvalue weighted by molar-refractivity contribution is -0.384. The summed E-state index contributed by atoms with van der Waals surface area (Å²) in [5, 5.41) is 10.7. The fourth-order valence-corrected chi connectivity index (χ4v) is 1.84. The Morgan fingerprint density at radius 1 is 1.36 bits per heavy atom. The van der Waals surface area contributed by atoms with Crippen molar-refractivity contribution in [2.45, 2.75) is 6.61 Å². The fourth-order valence-electron chi connectivity index (χ4n) is 1.84. The molecule has 1 aromatic carbocycles. The largest absolute Gasteiger partial charge is 0.453 e. The number of ether oxygens (including phenoxy) is 1. The zero-order valence-electron chi connectivity index (χ0n) is 11.1. The highest BCUT2D eigenvalue weighted by Crippen LogP contribution is 2.19. The van der Waals surface area contributed by atoms with Gasteiger partial charge in [-0.1, -0.05) is 0 Å². The number of rotatable bonds is 4. The maximum Gasteiger partial charge on any atom is 0.358 e. The van der Waals surface area contributed by atoms with Crippen LogP contribution in [-0.2, 0) is 11.3 Å². The number of carbonyl (C=O) groups is 1. The van der Waals surface area contributed by atoms with Crippen molar-refractivity contribution < 1.29 is 14.5 Å². The quantitative estimate of drug-likeness (QED) is 0.441. The number of H-pyrrole nitrogens is 1. The second-order valence-corrected chi connectivity index (χ2v) is 4.31. The van der Waals surface area contributed by atoms with E-state index in [0.717, 1.165) is 0 Å². The van der Waals surface area contributed by atoms with Crippen LogP contribution >= 0.6 is 0 Å². The minimum atomic E-state index is -0.625. The number of hydrogen-bond acceptors (Lipinski definition) is 7. The first-order valence-corrected chi connectivity index (χ1v) is 6.19. The number of nitro groups is 1. The molecule has 0 unspecified atom stereocenters. The van der Waals surface area contributed by atoms with Crippen molar-refractivity contribution in [2.24, 2.45) is 0 Å². The number of aromatic nitrogens is 4. The van der Waals surface area contributed by atoms with Gasteiger partial charge >= 0.3 is 5.97 Å². The van der Waals surface area contributed by atoms with Crippen LogP contribution in [0.2, 0.25) is 0 Å². The standard InChI is InChI=1S/C13H9N5O4/c19-13(11-6-14-3-4-15-11)22-7-12-16-9-2-1-8(18(20)21)5-10(9)17-12/h1-6H,7H2,(H,16,17). The molecule has 0 radical (unpaired) electrons. The fraction of sp³-hybridized carbons (Fsp3) is 0.0769. The summed E-state index contributed by atoms with van der Waals surface area (Å²) in [5.74, 6) is -0.243. The van der Waals surface area contributed by atoms with Crippen molar-refractivity contribution in [3.63, 3.8) is 0 Å². The molecule has 0 aliphatic rings. The van der Waals surface area contributed by atoms with E-state index in [4.69, 9.17) is 4.74 Å². The number of aromatic amines is 1. The Morgan fingerprint density at radius 3 is 2.95 bits per heavy atom. The van der Waals surface area contributed by atoms with E-state index in [1.54, 1.807) is 0 Å². The van der Waals surface area contributed by atoms with Crippen molar-refractivity contribution in [1.82, 2.24) is 19.9 Å². The van der Waals surface area contributed by atoms with Crippen LogP contribution in [0.3, 0.4) is 0 Å². The number of non-ortho nitro benzene ring substituents is 1. The normalized spacial score (nSPS) is 10.5. The molecule has 0 bridgehead atoms. The first kappa shape index (κ1) is 13.6. The summed E-state index contributed by atoms with van der Waals surface area (Å²) in [6.07, 6.45) is 4.13. The molecule has 2 heterocycles. The zero-order chi connectivity index (χ0) is 15.5. The van der Waals surface area contributed by atoms with Gasteiger partial charge in [-0.25, -0.2) is 14.8 Å². The molecular formula is C13H9N5O4. The topological polar surface area (TPSA) is 124 Å². The van der Waals surface area contributed by atoms with Gasteiger partial charge in [-0.15, -0.1) is 0 Å². The van der Waals surface area contributed by atoms with Crippen molar-refractivity contribution in [1.29, 1.82) is 0 Å². The lowest BCUT2D eigenvalue weighted by Crippen LogP contribution is -2.08. The van der Waals surface area contributed by atoms with Gasteiger partial charge in [0.05, 0.1) is 22.2 Å². The molecule has 9 heteroatoms. The second kappa shape index (κ2) is 5.56. The van der Waals surface area contributed by atoms with E-state index in [9.17, 15) is 14.9 Å². The summed E-state index contributed by atoms with van der Waals surface area (Å²) in [6.45, 7) is -0.0993. The first-order chi connectivity index (χ1) is 10.6. The molecule has 0 saturated heterocycles. The smallest absolute Gasteiger partial charge is 0.358 e. The minimum Gasteiger partial charge on any atom is -0.453 e. The molecule has 0 amide bonds. The predicted molar refractivity (Wildman–Crippen MR) is 73.9 cm³/mol. The van der Waals surface area contributed by atoms with Crippen LogP contribution in [0.25, 0.3) is 11.0 Å². The lowest BCUT2D eigenvalue weighted by atomic mass is 10.3. The minimum absolute atomic E-state index is 0.0424. The van der Waals surface area contributed by atoms with Crippen molar-refractivity contribution >= 4 is 22.7 Å². The molecule has 110 valence electrons. The molecule has 0 aliphatic heterocycles. The number of nitrogens with one attached hydrogen (secondary N) is 1. The van der Waals surface area contributed by atoms with Gasteiger partial charge in [0.2, 0.25) is 0 Å². The van der Waals surface area contributed by atoms with Crippen LogP contribution in [-0.4, -0.2) is 30.8 Å². The summed E-state index contributed by atoms with van der Waals surface area (Å²) in [6, 6.07) is 4.26. The first-order valence-electron chi connectivity index (χ1n) is 6.19. The van der Waals surface area contributed by atoms with Crippen LogP contribution in [0, 0.1) is 10.1 Å². The molecule has 22 heavy (non-hydrogen) atoms. The van der Waals surface area contributed by atoms with E-state index in [2.05, 4.69) is 19.9 Å². The Labute approximate surface area is 123 Å². The van der Waals surface area contributed by atoms with Crippen molar-refractivity contribution in [3.05, 3.63) is 58.4 Å². The molecule has 0 fully saturated rings. The van der Waals surface area contributed by atoms with E-state index in [1.165, 1.54) is 36.8 Å². The number of nitro benzene ring substituents is 1. The van der Waals surface area contributed by atoms with Crippen LogP contribution in [0.4, 0.5) is 5.69 Å². The Balaban J connectivity index is 1.74. The van der Waals surface area contributed by atoms with E-state index in [0.29, 0.717) is 16.9 Å². The lowest BCUT2D eigenvalue weighted by Gasteiger charge is -2.00. The summed E-state index contributed by atoms with van der Waals surface area (Å²) >= 11 is 0. The highest BCUT2D eigenvalue weighted by atomic mass is 16.6. The molecular weight excluding hydrogens is 290 g/mol. The van der Waals surface area contributed by atoms with Crippen molar-refractivity contribution in [3.8, 4) is 0 Å². The summed E-state index contributed by atoms with van der Waals surface area (Å²) in [5.41, 5.74) is 1.10. The van der Waals surface area contributed by atoms with Gasteiger partial charge in [0.1, 0.15) is 12.4 Å². The zero-order valence-corrected chi connectivity index (χ0v) is 11.1. The number of nitrogens with zero attached hydrogens (tertiary/aromatic N) is 4. The Bertz CT molecular complexity index is 846. The van der Waals surface area contributed by atoms with Crippen LogP contribution < -0.4 is 0 Å². The van der Waals surface area contributed by atoms with Crippen molar-refractivity contribution in [2.75, 3.05) is 0 Å². The number of imidazole rings is 1. The highest BCUT2D eigenvalue weighted by Gasteiger charge is 2.12. The molecule has 0 aliphatic carbocycles. The maximum absolute atomic E-state index is 11.7. The van der Waals surface area contributed by atoms with Crippen LogP contribution in [0.5, 0.6) is 0 Å². The second-order valence-electron chi connectivity index (χ2n) is 4.31. The maximum atomic E-state index is 11.7. The van der Waals surface area contributed by atoms with E-state index >= 15 is 0 Å². The molecule has 9 nitrogen and oxygen atoms in total. The van der Waals surface area contributed by atoms with Crippen LogP contribution in [0.15, 0.2) is 36.8 Å². The Kier molecular flexibility index (Phi) is 3.44. The Hall–Kier alpha value is -3.36. The number of fused-ring (bicyclic) bond motifs is 1. The van der Waals surface area contributed by atoms with E-state index in [-0.39, 0.29) is 18.0 Å². The average molecular weight is 299 g/mol. The average Bonchev–Trinajstić information content (AvgIpc) is 2.95. The third kappa shape index (κ3) is 2.73. The molecule has 0 atom stereocenters. The van der Waals surface area contributed by atoms with Gasteiger partial charge in [-0.2, -0.15) is 0 Å². The molecule has 1 N–H and O–H groups in total. The third-order valence-corrected chi connectivity index (χ3v) is 2.84. The van der Waals surface area contributed by atoms with Gasteiger partial charge in [0.25, 0.3) is 5.69 Å². The number of carbonyl (C=O) groups excluding carboxylic acids is 1. The van der Waals surface area contributed by atoms with Gasteiger partial charge in [-0.3, -0.25) is 15.1 Å². The molecule has 0 saturated carbocycles. The molecule has 3 rings (SSSR count). The van der Waals surface area contributed by atoms with Gasteiger partial charge in [-0.05, 0) is 6.07 Å². The summed E-state index contributed by atoms with van der Waals surface area (Å²) in [4.78, 5) is 36.6. The highest BCUT2D eigenvalue weighted by molar-refractivity contribution is 5.86. The Morgan fingerprint density at radius 2 is 2.23 bits per heavy atom. The summed E-state index contributed by atoms with van der Waals surface area (Å²) < 4.78 is 5.05. The van der Waals surface area contributed by atoms with Gasteiger partial charge < -0.3 is 9.72 Å². The van der Waals surface area contributed by atoms with Gasteiger partial charge in [0, 0.05) is 24.5 Å². The SMILES string of the molecule is O=C(OCc1nc2ccc([N+](=O)[O-])cc2[nH]1)c1cnccn1. The number of hydrogen-bond donors (Lipinski definition) is 1. The predicted octanol–water partition coefficient (Wildman–Crippen LogP) is 1.62. The molecule has 0 spiro atoms. The van der Waals surface area contributed by atoms with E-state index in [1.807, 2.05) is 0 Å². The number of esters is 1. The number of benzene rings is 1. The molecule has 3 aromatic rings. The van der Waals surface area contributed by atoms with Crippen LogP contribution in [0.1, 0.15) is 16.3 Å². The van der Waals surface area contributed by atoms with E-state index < -0.39 is 10.9 Å². The monoisotopic (exact) mass is 299 g/mol. The third-order valence-electron chi connectivity index (χ3n) is 2.84.